The number of nitrogens with zero attached hydrogens (tertiary/aromatic N) is 1. The highest BCUT2D eigenvalue weighted by Crippen LogP contribution is 2.34. The SMILES string of the molecule is O=S(=O)(c1ccsc1CO)N1CCc2ccccc21. The Morgan fingerprint density at radius 3 is 2.84 bits per heavy atom. The van der Waals surface area contributed by atoms with E-state index in [2.05, 4.69) is 0 Å². The number of anilines is 1. The molecule has 0 unspecified atom stereocenters. The number of thiophene rings is 1. The average Bonchev–Trinajstić information content (AvgIpc) is 3.05. The molecule has 0 amide bonds. The summed E-state index contributed by atoms with van der Waals surface area (Å²) in [6.07, 6.45) is 0.730. The largest absolute Gasteiger partial charge is 0.391 e. The van der Waals surface area contributed by atoms with Gasteiger partial charge in [0.05, 0.1) is 17.2 Å². The molecule has 0 spiro atoms. The van der Waals surface area contributed by atoms with Crippen molar-refractivity contribution in [3.05, 3.63) is 46.2 Å². The van der Waals surface area contributed by atoms with Gasteiger partial charge >= 0.3 is 0 Å². The highest BCUT2D eigenvalue weighted by atomic mass is 32.2. The normalized spacial score (nSPS) is 14.7. The van der Waals surface area contributed by atoms with Crippen LogP contribution in [0.25, 0.3) is 0 Å². The van der Waals surface area contributed by atoms with E-state index in [1.807, 2.05) is 24.3 Å². The molecule has 0 aliphatic carbocycles. The minimum Gasteiger partial charge on any atom is -0.391 e. The molecule has 3 rings (SSSR count). The maximum absolute atomic E-state index is 12.7. The molecule has 1 N–H and O–H groups in total. The monoisotopic (exact) mass is 295 g/mol. The highest BCUT2D eigenvalue weighted by molar-refractivity contribution is 7.93. The number of fused-ring (bicyclic) bond motifs is 1. The summed E-state index contributed by atoms with van der Waals surface area (Å²) >= 11 is 1.26. The van der Waals surface area contributed by atoms with Gasteiger partial charge < -0.3 is 5.11 Å². The van der Waals surface area contributed by atoms with Crippen LogP contribution in [0.15, 0.2) is 40.6 Å². The Labute approximate surface area is 116 Å². The Hall–Kier alpha value is -1.37. The van der Waals surface area contributed by atoms with Crippen LogP contribution in [0.5, 0.6) is 0 Å². The van der Waals surface area contributed by atoms with E-state index < -0.39 is 10.0 Å². The summed E-state index contributed by atoms with van der Waals surface area (Å²) in [5.41, 5.74) is 1.80. The summed E-state index contributed by atoms with van der Waals surface area (Å²) in [5, 5.41) is 10.9. The van der Waals surface area contributed by atoms with Crippen molar-refractivity contribution in [2.24, 2.45) is 0 Å². The molecule has 1 aromatic carbocycles. The Bertz CT molecular complexity index is 706. The quantitative estimate of drug-likeness (QED) is 0.942. The van der Waals surface area contributed by atoms with Gasteiger partial charge in [0.25, 0.3) is 10.0 Å². The van der Waals surface area contributed by atoms with Crippen LogP contribution >= 0.6 is 11.3 Å². The molecule has 2 aromatic rings. The van der Waals surface area contributed by atoms with E-state index in [4.69, 9.17) is 0 Å². The number of benzene rings is 1. The third-order valence-corrected chi connectivity index (χ3v) is 6.19. The molecule has 19 heavy (non-hydrogen) atoms. The summed E-state index contributed by atoms with van der Waals surface area (Å²) in [7, 11) is -3.57. The van der Waals surface area contributed by atoms with Crippen molar-refractivity contribution < 1.29 is 13.5 Å². The van der Waals surface area contributed by atoms with Gasteiger partial charge in [0.2, 0.25) is 0 Å². The zero-order valence-corrected chi connectivity index (χ0v) is 11.7. The van der Waals surface area contributed by atoms with E-state index in [0.717, 1.165) is 17.7 Å². The summed E-state index contributed by atoms with van der Waals surface area (Å²) < 4.78 is 26.8. The second-order valence-corrected chi connectivity index (χ2v) is 7.15. The van der Waals surface area contributed by atoms with Gasteiger partial charge in [-0.05, 0) is 29.5 Å². The number of rotatable bonds is 3. The lowest BCUT2D eigenvalue weighted by molar-refractivity contribution is 0.282. The van der Waals surface area contributed by atoms with Gasteiger partial charge in [0, 0.05) is 6.54 Å². The van der Waals surface area contributed by atoms with Gasteiger partial charge in [-0.25, -0.2) is 8.42 Å². The molecular formula is C13H13NO3S2. The zero-order valence-electron chi connectivity index (χ0n) is 10.1. The minimum absolute atomic E-state index is 0.219. The van der Waals surface area contributed by atoms with Crippen LogP contribution in [0.1, 0.15) is 10.4 Å². The highest BCUT2D eigenvalue weighted by Gasteiger charge is 2.32. The van der Waals surface area contributed by atoms with Gasteiger partial charge in [-0.2, -0.15) is 0 Å². The maximum Gasteiger partial charge on any atom is 0.265 e. The van der Waals surface area contributed by atoms with Crippen LogP contribution in [-0.4, -0.2) is 20.1 Å². The van der Waals surface area contributed by atoms with Crippen molar-refractivity contribution in [3.8, 4) is 0 Å². The smallest absolute Gasteiger partial charge is 0.265 e. The van der Waals surface area contributed by atoms with Crippen LogP contribution in [0.3, 0.4) is 0 Å². The van der Waals surface area contributed by atoms with E-state index >= 15 is 0 Å². The van der Waals surface area contributed by atoms with Crippen molar-refractivity contribution in [2.75, 3.05) is 10.8 Å². The Morgan fingerprint density at radius 1 is 1.26 bits per heavy atom. The molecule has 0 saturated carbocycles. The van der Waals surface area contributed by atoms with Gasteiger partial charge in [-0.1, -0.05) is 18.2 Å². The van der Waals surface area contributed by atoms with E-state index in [9.17, 15) is 13.5 Å². The van der Waals surface area contributed by atoms with Crippen LogP contribution < -0.4 is 4.31 Å². The molecule has 0 saturated heterocycles. The molecule has 1 aliphatic rings. The number of hydrogen-bond acceptors (Lipinski definition) is 4. The minimum atomic E-state index is -3.57. The second-order valence-electron chi connectivity index (χ2n) is 4.32. The molecule has 1 aliphatic heterocycles. The fourth-order valence-corrected chi connectivity index (χ4v) is 5.12. The summed E-state index contributed by atoms with van der Waals surface area (Å²) in [6.45, 7) is 0.212. The van der Waals surface area contributed by atoms with Crippen LogP contribution in [0.4, 0.5) is 5.69 Å². The summed E-state index contributed by atoms with van der Waals surface area (Å²) in [5.74, 6) is 0. The first-order valence-electron chi connectivity index (χ1n) is 5.92. The van der Waals surface area contributed by atoms with Crippen LogP contribution in [0, 0.1) is 0 Å². The number of aliphatic hydroxyl groups excluding tert-OH is 1. The van der Waals surface area contributed by atoms with Crippen molar-refractivity contribution >= 4 is 27.0 Å². The lowest BCUT2D eigenvalue weighted by Gasteiger charge is -2.19. The standard InChI is InChI=1S/C13H13NO3S2/c15-9-12-13(6-8-18-12)19(16,17)14-7-5-10-3-1-2-4-11(10)14/h1-4,6,8,15H,5,7,9H2. The Morgan fingerprint density at radius 2 is 2.05 bits per heavy atom. The molecule has 0 atom stereocenters. The molecule has 4 nitrogen and oxygen atoms in total. The molecule has 2 heterocycles. The fourth-order valence-electron chi connectivity index (χ4n) is 2.35. The lowest BCUT2D eigenvalue weighted by Crippen LogP contribution is -2.29. The second kappa shape index (κ2) is 4.63. The summed E-state index contributed by atoms with van der Waals surface area (Å²) in [4.78, 5) is 0.709. The van der Waals surface area contributed by atoms with E-state index in [0.29, 0.717) is 11.4 Å². The van der Waals surface area contributed by atoms with E-state index in [1.54, 1.807) is 11.4 Å². The van der Waals surface area contributed by atoms with E-state index in [1.165, 1.54) is 15.6 Å². The molecular weight excluding hydrogens is 282 g/mol. The van der Waals surface area contributed by atoms with Crippen molar-refractivity contribution in [3.63, 3.8) is 0 Å². The van der Waals surface area contributed by atoms with Gasteiger partial charge in [-0.15, -0.1) is 11.3 Å². The van der Waals surface area contributed by atoms with Crippen molar-refractivity contribution in [1.82, 2.24) is 0 Å². The number of aliphatic hydroxyl groups is 1. The summed E-state index contributed by atoms with van der Waals surface area (Å²) in [6, 6.07) is 9.09. The fraction of sp³-hybridized carbons (Fsp3) is 0.231. The first-order valence-corrected chi connectivity index (χ1v) is 8.24. The third-order valence-electron chi connectivity index (χ3n) is 3.26. The van der Waals surface area contributed by atoms with Gasteiger partial charge in [0.15, 0.2) is 0 Å². The topological polar surface area (TPSA) is 57.6 Å². The first-order chi connectivity index (χ1) is 9.14. The average molecular weight is 295 g/mol. The number of para-hydroxylation sites is 1. The third kappa shape index (κ3) is 1.96. The molecule has 6 heteroatoms. The van der Waals surface area contributed by atoms with Crippen molar-refractivity contribution in [2.45, 2.75) is 17.9 Å². The van der Waals surface area contributed by atoms with Gasteiger partial charge in [-0.3, -0.25) is 4.31 Å². The first kappa shape index (κ1) is 12.7. The lowest BCUT2D eigenvalue weighted by atomic mass is 10.2. The van der Waals surface area contributed by atoms with Gasteiger partial charge in [0.1, 0.15) is 4.90 Å². The molecule has 0 radical (unpaired) electrons. The molecule has 0 bridgehead atoms. The predicted octanol–water partition coefficient (Wildman–Crippen LogP) is 1.99. The zero-order chi connectivity index (χ0) is 13.5. The maximum atomic E-state index is 12.7. The van der Waals surface area contributed by atoms with Crippen LogP contribution in [-0.2, 0) is 23.1 Å². The molecule has 0 fully saturated rings. The number of hydrogen-bond donors (Lipinski definition) is 1. The van der Waals surface area contributed by atoms with E-state index in [-0.39, 0.29) is 11.5 Å². The molecule has 100 valence electrons. The Kier molecular flexibility index (Phi) is 3.08. The predicted molar refractivity (Wildman–Crippen MR) is 74.9 cm³/mol. The molecule has 1 aromatic heterocycles. The van der Waals surface area contributed by atoms with Crippen LogP contribution in [0.2, 0.25) is 0 Å². The Balaban J connectivity index is 2.08. The van der Waals surface area contributed by atoms with Crippen molar-refractivity contribution in [1.29, 1.82) is 0 Å². The number of sulfonamides is 1.